The van der Waals surface area contributed by atoms with Crippen LogP contribution in [0.1, 0.15) is 23.7 Å². The lowest BCUT2D eigenvalue weighted by molar-refractivity contribution is 0.0598. The monoisotopic (exact) mass is 317 g/mol. The quantitative estimate of drug-likeness (QED) is 0.719. The molecule has 0 amide bonds. The molecule has 1 aromatic heterocycles. The van der Waals surface area contributed by atoms with E-state index >= 15 is 0 Å². The summed E-state index contributed by atoms with van der Waals surface area (Å²) in [6.07, 6.45) is 5.07. The van der Waals surface area contributed by atoms with Crippen molar-refractivity contribution in [3.63, 3.8) is 0 Å². The highest BCUT2D eigenvalue weighted by Crippen LogP contribution is 2.24. The molecule has 1 N–H and O–H groups in total. The predicted octanol–water partition coefficient (Wildman–Crippen LogP) is -0.868. The number of hydrogen-bond donors (Lipinski definition) is 1. The summed E-state index contributed by atoms with van der Waals surface area (Å²) >= 11 is 0. The topological polar surface area (TPSA) is 65.6 Å². The maximum atomic E-state index is 12.1. The largest absolute Gasteiger partial charge is 0.465 e. The fourth-order valence-corrected chi connectivity index (χ4v) is 3.33. The summed E-state index contributed by atoms with van der Waals surface area (Å²) in [6.45, 7) is 6.32. The zero-order valence-corrected chi connectivity index (χ0v) is 13.9. The van der Waals surface area contributed by atoms with E-state index in [0.29, 0.717) is 0 Å². The Kier molecular flexibility index (Phi) is 4.12. The zero-order valence-electron chi connectivity index (χ0n) is 13.9. The third-order valence-electron chi connectivity index (χ3n) is 4.93. The number of piperazine rings is 1. The molecule has 0 aromatic carbocycles. The number of aromatic nitrogens is 1. The smallest absolute Gasteiger partial charge is 0.343 e. The Morgan fingerprint density at radius 2 is 2.00 bits per heavy atom. The van der Waals surface area contributed by atoms with E-state index in [2.05, 4.69) is 45.6 Å². The number of esters is 1. The van der Waals surface area contributed by atoms with Crippen molar-refractivity contribution in [1.29, 1.82) is 0 Å². The predicted molar refractivity (Wildman–Crippen MR) is 88.7 cm³/mol. The van der Waals surface area contributed by atoms with E-state index in [1.807, 2.05) is 0 Å². The summed E-state index contributed by atoms with van der Waals surface area (Å²) in [6, 6.07) is 1.63. The fourth-order valence-electron chi connectivity index (χ4n) is 3.33. The number of carbonyl (C=O) groups excluding carboxylic acids is 1. The molecule has 124 valence electrons. The standard InChI is InChI=1S/C17H23N3O3/c1-17(20-8-6-19(2)7-9-20)5-4-12-10-13(16(22)23-3)15(21)18-14(12)11-17/h4,10-11H,5-9H2,1-3H3,(H,18,21). The van der Waals surface area contributed by atoms with Gasteiger partial charge in [0.05, 0.1) is 7.11 Å². The van der Waals surface area contributed by atoms with Crippen molar-refractivity contribution < 1.29 is 9.53 Å². The minimum atomic E-state index is -0.602. The van der Waals surface area contributed by atoms with Crippen LogP contribution in [0.5, 0.6) is 0 Å². The zero-order chi connectivity index (χ0) is 16.6. The van der Waals surface area contributed by atoms with Crippen molar-refractivity contribution >= 4 is 18.1 Å². The van der Waals surface area contributed by atoms with E-state index in [1.54, 1.807) is 6.07 Å². The number of H-pyrrole nitrogens is 1. The summed E-state index contributed by atoms with van der Waals surface area (Å²) in [5, 5.41) is 1.67. The number of nitrogens with zero attached hydrogens (tertiary/aromatic N) is 2. The third kappa shape index (κ3) is 2.96. The highest BCUT2D eigenvalue weighted by Gasteiger charge is 2.32. The fraction of sp³-hybridized carbons (Fsp3) is 0.529. The minimum absolute atomic E-state index is 0.0547. The van der Waals surface area contributed by atoms with Gasteiger partial charge in [-0.15, -0.1) is 0 Å². The second-order valence-electron chi connectivity index (χ2n) is 6.57. The molecule has 6 heteroatoms. The SMILES string of the molecule is COC(=O)c1cc2c([nH]c1=O)=CC(C)(N1CCN(C)CC1)CC=2. The van der Waals surface area contributed by atoms with Gasteiger partial charge < -0.3 is 14.6 Å². The molecule has 3 rings (SSSR count). The molecular formula is C17H23N3O3. The number of ether oxygens (including phenoxy) is 1. The van der Waals surface area contributed by atoms with E-state index in [4.69, 9.17) is 0 Å². The van der Waals surface area contributed by atoms with Gasteiger partial charge in [-0.2, -0.15) is 0 Å². The van der Waals surface area contributed by atoms with E-state index < -0.39 is 11.5 Å². The Hall–Kier alpha value is -1.92. The van der Waals surface area contributed by atoms with Crippen molar-refractivity contribution in [1.82, 2.24) is 14.8 Å². The number of likely N-dealkylation sites (N-methyl/N-ethyl adjacent to an activating group) is 1. The Balaban J connectivity index is 1.99. The van der Waals surface area contributed by atoms with Gasteiger partial charge in [-0.1, -0.05) is 6.08 Å². The lowest BCUT2D eigenvalue weighted by Crippen LogP contribution is -2.56. The summed E-state index contributed by atoms with van der Waals surface area (Å²) < 4.78 is 4.66. The van der Waals surface area contributed by atoms with Crippen LogP contribution in [-0.4, -0.2) is 66.6 Å². The second kappa shape index (κ2) is 5.94. The molecule has 0 saturated carbocycles. The number of fused-ring (bicyclic) bond motifs is 1. The van der Waals surface area contributed by atoms with Crippen LogP contribution in [0.3, 0.4) is 0 Å². The first-order chi connectivity index (χ1) is 10.9. The Morgan fingerprint density at radius 3 is 2.65 bits per heavy atom. The van der Waals surface area contributed by atoms with Crippen molar-refractivity contribution in [2.75, 3.05) is 40.3 Å². The molecule has 0 radical (unpaired) electrons. The average molecular weight is 317 g/mol. The molecule has 23 heavy (non-hydrogen) atoms. The molecule has 0 bridgehead atoms. The number of hydrogen-bond acceptors (Lipinski definition) is 5. The summed E-state index contributed by atoms with van der Waals surface area (Å²) in [7, 11) is 3.42. The lowest BCUT2D eigenvalue weighted by Gasteiger charge is -2.44. The maximum absolute atomic E-state index is 12.1. The summed E-state index contributed by atoms with van der Waals surface area (Å²) in [5.41, 5.74) is -0.453. The number of aromatic amines is 1. The second-order valence-corrected chi connectivity index (χ2v) is 6.57. The first-order valence-corrected chi connectivity index (χ1v) is 7.91. The third-order valence-corrected chi connectivity index (χ3v) is 4.93. The number of nitrogens with one attached hydrogen (secondary N) is 1. The van der Waals surface area contributed by atoms with Crippen LogP contribution in [0.2, 0.25) is 0 Å². The lowest BCUT2D eigenvalue weighted by atomic mass is 9.89. The van der Waals surface area contributed by atoms with Gasteiger partial charge in [-0.3, -0.25) is 9.69 Å². The number of rotatable bonds is 2. The molecule has 1 aliphatic heterocycles. The van der Waals surface area contributed by atoms with Crippen LogP contribution in [0, 0.1) is 0 Å². The van der Waals surface area contributed by atoms with Crippen LogP contribution in [-0.2, 0) is 4.74 Å². The normalized spacial score (nSPS) is 25.2. The van der Waals surface area contributed by atoms with Gasteiger partial charge in [-0.05, 0) is 37.8 Å². The average Bonchev–Trinajstić information content (AvgIpc) is 2.54. The Labute approximate surface area is 135 Å². The van der Waals surface area contributed by atoms with Crippen molar-refractivity contribution in [2.24, 2.45) is 0 Å². The van der Waals surface area contributed by atoms with Crippen LogP contribution in [0.4, 0.5) is 0 Å². The van der Waals surface area contributed by atoms with Crippen LogP contribution in [0.25, 0.3) is 12.2 Å². The van der Waals surface area contributed by atoms with Gasteiger partial charge in [-0.25, -0.2) is 4.79 Å². The highest BCUT2D eigenvalue weighted by molar-refractivity contribution is 5.88. The van der Waals surface area contributed by atoms with Gasteiger partial charge >= 0.3 is 5.97 Å². The molecule has 6 nitrogen and oxygen atoms in total. The van der Waals surface area contributed by atoms with Gasteiger partial charge in [0, 0.05) is 37.1 Å². The molecular weight excluding hydrogens is 294 g/mol. The maximum Gasteiger partial charge on any atom is 0.343 e. The van der Waals surface area contributed by atoms with Gasteiger partial charge in [0.25, 0.3) is 5.56 Å². The first kappa shape index (κ1) is 16.0. The summed E-state index contributed by atoms with van der Waals surface area (Å²) in [4.78, 5) is 31.4. The van der Waals surface area contributed by atoms with Crippen LogP contribution >= 0.6 is 0 Å². The molecule has 1 saturated heterocycles. The van der Waals surface area contributed by atoms with E-state index in [1.165, 1.54) is 7.11 Å². The number of methoxy groups -OCH3 is 1. The number of pyridine rings is 1. The van der Waals surface area contributed by atoms with Gasteiger partial charge in [0.15, 0.2) is 0 Å². The highest BCUT2D eigenvalue weighted by atomic mass is 16.5. The molecule has 1 unspecified atom stereocenters. The summed E-state index contributed by atoms with van der Waals surface area (Å²) in [5.74, 6) is -0.602. The molecule has 1 fully saturated rings. The first-order valence-electron chi connectivity index (χ1n) is 7.91. The molecule has 0 spiro atoms. The Bertz CT molecular complexity index is 790. The van der Waals surface area contributed by atoms with E-state index in [9.17, 15) is 9.59 Å². The van der Waals surface area contributed by atoms with Gasteiger partial charge in [0.2, 0.25) is 0 Å². The molecule has 1 aliphatic carbocycles. The Morgan fingerprint density at radius 1 is 1.30 bits per heavy atom. The molecule has 1 atom stereocenters. The van der Waals surface area contributed by atoms with Crippen molar-refractivity contribution in [2.45, 2.75) is 18.9 Å². The van der Waals surface area contributed by atoms with E-state index in [-0.39, 0.29) is 11.1 Å². The molecule has 2 heterocycles. The minimum Gasteiger partial charge on any atom is -0.465 e. The van der Waals surface area contributed by atoms with Crippen LogP contribution in [0.15, 0.2) is 10.9 Å². The van der Waals surface area contributed by atoms with Crippen molar-refractivity contribution in [3.8, 4) is 0 Å². The van der Waals surface area contributed by atoms with Crippen molar-refractivity contribution in [3.05, 3.63) is 32.6 Å². The number of carbonyl (C=O) groups is 1. The van der Waals surface area contributed by atoms with Gasteiger partial charge in [0.1, 0.15) is 5.56 Å². The molecule has 1 aromatic rings. The van der Waals surface area contributed by atoms with Crippen LogP contribution < -0.4 is 16.1 Å². The van der Waals surface area contributed by atoms with E-state index in [0.717, 1.165) is 43.2 Å². The molecule has 2 aliphatic rings.